The second-order valence-electron chi connectivity index (χ2n) is 8.32. The molecular formula is C24H26N6O3. The van der Waals surface area contributed by atoms with Crippen molar-refractivity contribution in [1.29, 1.82) is 5.26 Å². The van der Waals surface area contributed by atoms with Crippen LogP contribution in [0.5, 0.6) is 0 Å². The molecule has 4 rings (SSSR count). The number of aromatic nitrogens is 3. The summed E-state index contributed by atoms with van der Waals surface area (Å²) >= 11 is 0. The lowest BCUT2D eigenvalue weighted by molar-refractivity contribution is -0.129. The van der Waals surface area contributed by atoms with Gasteiger partial charge in [0, 0.05) is 32.1 Å². The first kappa shape index (κ1) is 22.5. The molecule has 4 N–H and O–H groups in total. The Labute approximate surface area is 191 Å². The molecule has 1 aliphatic rings. The molecule has 4 atom stereocenters. The van der Waals surface area contributed by atoms with Crippen LogP contribution in [0, 0.1) is 17.2 Å². The summed E-state index contributed by atoms with van der Waals surface area (Å²) in [6.07, 6.45) is 5.44. The van der Waals surface area contributed by atoms with E-state index in [1.807, 2.05) is 28.9 Å². The molecular weight excluding hydrogens is 420 g/mol. The molecule has 0 spiro atoms. The molecule has 1 saturated carbocycles. The van der Waals surface area contributed by atoms with Gasteiger partial charge in [-0.25, -0.2) is 9.97 Å². The fourth-order valence-electron chi connectivity index (χ4n) is 4.41. The number of rotatable bonds is 6. The zero-order valence-corrected chi connectivity index (χ0v) is 18.2. The number of aliphatic hydroxyl groups excluding tert-OH is 2. The van der Waals surface area contributed by atoms with Crippen LogP contribution in [-0.4, -0.2) is 60.9 Å². The van der Waals surface area contributed by atoms with Crippen LogP contribution in [0.1, 0.15) is 30.5 Å². The van der Waals surface area contributed by atoms with Crippen molar-refractivity contribution in [2.45, 2.75) is 31.6 Å². The van der Waals surface area contributed by atoms with Gasteiger partial charge in [0.25, 0.3) is 0 Å². The van der Waals surface area contributed by atoms with Crippen molar-refractivity contribution in [3.63, 3.8) is 0 Å². The van der Waals surface area contributed by atoms with Crippen LogP contribution in [0.25, 0.3) is 17.1 Å². The highest BCUT2D eigenvalue weighted by Gasteiger charge is 2.43. The third kappa shape index (κ3) is 4.58. The van der Waals surface area contributed by atoms with Crippen LogP contribution in [0.2, 0.25) is 0 Å². The Morgan fingerprint density at radius 3 is 2.73 bits per heavy atom. The van der Waals surface area contributed by atoms with E-state index in [2.05, 4.69) is 16.0 Å². The van der Waals surface area contributed by atoms with Gasteiger partial charge in [0.1, 0.15) is 23.9 Å². The van der Waals surface area contributed by atoms with Crippen molar-refractivity contribution in [2.24, 2.45) is 5.92 Å². The van der Waals surface area contributed by atoms with Gasteiger partial charge < -0.3 is 25.4 Å². The highest BCUT2D eigenvalue weighted by Crippen LogP contribution is 2.38. The lowest BCUT2D eigenvalue weighted by atomic mass is 10.0. The van der Waals surface area contributed by atoms with Crippen molar-refractivity contribution < 1.29 is 15.0 Å². The molecule has 1 fully saturated rings. The maximum atomic E-state index is 12.2. The summed E-state index contributed by atoms with van der Waals surface area (Å²) in [6, 6.07) is 10.6. The summed E-state index contributed by atoms with van der Waals surface area (Å²) in [6.45, 7) is 2.18. The van der Waals surface area contributed by atoms with Crippen molar-refractivity contribution in [3.8, 4) is 6.07 Å². The molecule has 0 bridgehead atoms. The maximum absolute atomic E-state index is 12.2. The summed E-state index contributed by atoms with van der Waals surface area (Å²) in [5.74, 6) is -0.0504. The fourth-order valence-corrected chi connectivity index (χ4v) is 4.41. The third-order valence-corrected chi connectivity index (χ3v) is 6.24. The molecule has 9 heteroatoms. The van der Waals surface area contributed by atoms with E-state index < -0.39 is 12.2 Å². The SMILES string of the molecule is CC(=O)N(C/C=C/c1ccc(C#N)cc1)C[C@H]1C[C@@H](n2ccc3c(N)ncnc32)[C@H](O)[C@@H]1O. The number of benzene rings is 1. The van der Waals surface area contributed by atoms with Crippen molar-refractivity contribution in [2.75, 3.05) is 18.8 Å². The number of nitrogens with zero attached hydrogens (tertiary/aromatic N) is 5. The van der Waals surface area contributed by atoms with Crippen molar-refractivity contribution >= 4 is 28.8 Å². The Bertz CT molecular complexity index is 1210. The van der Waals surface area contributed by atoms with E-state index in [0.29, 0.717) is 41.9 Å². The van der Waals surface area contributed by atoms with E-state index in [1.54, 1.807) is 29.3 Å². The number of hydrogen-bond acceptors (Lipinski definition) is 7. The first-order chi connectivity index (χ1) is 15.9. The maximum Gasteiger partial charge on any atom is 0.219 e. The molecule has 0 saturated heterocycles. The van der Waals surface area contributed by atoms with E-state index in [1.165, 1.54) is 13.3 Å². The largest absolute Gasteiger partial charge is 0.390 e. The second kappa shape index (κ2) is 9.40. The Morgan fingerprint density at radius 1 is 1.27 bits per heavy atom. The molecule has 33 heavy (non-hydrogen) atoms. The Kier molecular flexibility index (Phi) is 6.40. The average Bonchev–Trinajstić information content (AvgIpc) is 3.36. The lowest BCUT2D eigenvalue weighted by Gasteiger charge is -2.25. The molecule has 0 radical (unpaired) electrons. The summed E-state index contributed by atoms with van der Waals surface area (Å²) in [4.78, 5) is 22.2. The van der Waals surface area contributed by atoms with Crippen LogP contribution >= 0.6 is 0 Å². The minimum absolute atomic E-state index is 0.114. The molecule has 0 unspecified atom stereocenters. The van der Waals surface area contributed by atoms with E-state index in [9.17, 15) is 15.0 Å². The summed E-state index contributed by atoms with van der Waals surface area (Å²) in [7, 11) is 0. The number of amides is 1. The van der Waals surface area contributed by atoms with Gasteiger partial charge in [-0.3, -0.25) is 4.79 Å². The van der Waals surface area contributed by atoms with Gasteiger partial charge >= 0.3 is 0 Å². The zero-order valence-electron chi connectivity index (χ0n) is 18.2. The van der Waals surface area contributed by atoms with Crippen LogP contribution in [0.4, 0.5) is 5.82 Å². The van der Waals surface area contributed by atoms with Crippen LogP contribution < -0.4 is 5.73 Å². The monoisotopic (exact) mass is 446 g/mol. The molecule has 0 aliphatic heterocycles. The number of carbonyl (C=O) groups is 1. The lowest BCUT2D eigenvalue weighted by Crippen LogP contribution is -2.38. The molecule has 1 aromatic carbocycles. The molecule has 9 nitrogen and oxygen atoms in total. The number of aliphatic hydroxyl groups is 2. The smallest absolute Gasteiger partial charge is 0.219 e. The minimum Gasteiger partial charge on any atom is -0.390 e. The summed E-state index contributed by atoms with van der Waals surface area (Å²) in [5.41, 5.74) is 8.04. The highest BCUT2D eigenvalue weighted by molar-refractivity contribution is 5.86. The molecule has 1 amide bonds. The first-order valence-corrected chi connectivity index (χ1v) is 10.7. The third-order valence-electron chi connectivity index (χ3n) is 6.24. The van der Waals surface area contributed by atoms with Gasteiger partial charge in [0.2, 0.25) is 5.91 Å². The van der Waals surface area contributed by atoms with E-state index in [4.69, 9.17) is 11.0 Å². The highest BCUT2D eigenvalue weighted by atomic mass is 16.3. The van der Waals surface area contributed by atoms with Gasteiger partial charge in [-0.15, -0.1) is 0 Å². The minimum atomic E-state index is -0.996. The van der Waals surface area contributed by atoms with Crippen molar-refractivity contribution in [1.82, 2.24) is 19.4 Å². The molecule has 2 aromatic heterocycles. The van der Waals surface area contributed by atoms with Gasteiger partial charge in [0.05, 0.1) is 29.2 Å². The number of carbonyl (C=O) groups excluding carboxylic acids is 1. The number of anilines is 1. The predicted octanol–water partition coefficient (Wildman–Crippen LogP) is 1.73. The topological polar surface area (TPSA) is 141 Å². The van der Waals surface area contributed by atoms with Gasteiger partial charge in [-0.05, 0) is 30.2 Å². The number of hydrogen-bond donors (Lipinski definition) is 3. The second-order valence-corrected chi connectivity index (χ2v) is 8.32. The molecule has 1 aliphatic carbocycles. The van der Waals surface area contributed by atoms with Gasteiger partial charge in [-0.2, -0.15) is 5.26 Å². The number of nitriles is 1. The van der Waals surface area contributed by atoms with E-state index in [0.717, 1.165) is 5.56 Å². The summed E-state index contributed by atoms with van der Waals surface area (Å²) in [5, 5.41) is 31.1. The van der Waals surface area contributed by atoms with Gasteiger partial charge in [-0.1, -0.05) is 24.3 Å². The fraction of sp³-hybridized carbons (Fsp3) is 0.333. The van der Waals surface area contributed by atoms with Crippen molar-refractivity contribution in [3.05, 3.63) is 60.1 Å². The quantitative estimate of drug-likeness (QED) is 0.523. The number of nitrogens with two attached hydrogens (primary N) is 1. The van der Waals surface area contributed by atoms with E-state index in [-0.39, 0.29) is 17.9 Å². The molecule has 3 aromatic rings. The normalized spacial score (nSPS) is 22.6. The van der Waals surface area contributed by atoms with E-state index >= 15 is 0 Å². The molecule has 170 valence electrons. The standard InChI is InChI=1S/C24H26N6O3/c1-15(31)29(9-2-3-16-4-6-17(12-25)7-5-16)13-18-11-20(22(33)21(18)32)30-10-8-19-23(26)27-14-28-24(19)30/h2-8,10,14,18,20-22,32-33H,9,11,13H2,1H3,(H2,26,27,28)/b3-2+/t18-,20-,21-,22+/m1/s1. The van der Waals surface area contributed by atoms with Crippen LogP contribution in [-0.2, 0) is 4.79 Å². The van der Waals surface area contributed by atoms with Gasteiger partial charge in [0.15, 0.2) is 0 Å². The Morgan fingerprint density at radius 2 is 2.03 bits per heavy atom. The Balaban J connectivity index is 1.45. The zero-order chi connectivity index (χ0) is 23.5. The summed E-state index contributed by atoms with van der Waals surface area (Å²) < 4.78 is 1.82. The predicted molar refractivity (Wildman–Crippen MR) is 124 cm³/mol. The number of nitrogen functional groups attached to an aromatic ring is 1. The Hall–Kier alpha value is -3.74. The molecule has 2 heterocycles. The van der Waals surface area contributed by atoms with Crippen LogP contribution in [0.15, 0.2) is 48.9 Å². The first-order valence-electron chi connectivity index (χ1n) is 10.7. The van der Waals surface area contributed by atoms with Crippen LogP contribution in [0.3, 0.4) is 0 Å². The number of fused-ring (bicyclic) bond motifs is 1. The average molecular weight is 447 g/mol.